The smallest absolute Gasteiger partial charge is 0.145 e. The Kier molecular flexibility index (Phi) is 2.29. The predicted molar refractivity (Wildman–Crippen MR) is 66.4 cm³/mol. The summed E-state index contributed by atoms with van der Waals surface area (Å²) in [5.74, 6) is 0.556. The molecule has 2 heterocycles. The first-order valence-electron chi connectivity index (χ1n) is 5.52. The van der Waals surface area contributed by atoms with Gasteiger partial charge in [-0.3, -0.25) is 4.68 Å². The fourth-order valence-electron chi connectivity index (χ4n) is 1.90. The number of nitrogens with two attached hydrogens (primary N) is 1. The average molecular weight is 227 g/mol. The zero-order chi connectivity index (χ0) is 11.7. The first-order valence-corrected chi connectivity index (χ1v) is 5.52. The minimum absolute atomic E-state index is 0.556. The molecule has 0 unspecified atom stereocenters. The second kappa shape index (κ2) is 3.93. The highest BCUT2D eigenvalue weighted by Crippen LogP contribution is 2.11. The number of rotatable bonds is 3. The van der Waals surface area contributed by atoms with E-state index in [1.807, 2.05) is 35.4 Å². The zero-order valence-electron chi connectivity index (χ0n) is 9.32. The molecule has 5 heteroatoms. The lowest BCUT2D eigenvalue weighted by molar-refractivity contribution is 0.542. The Morgan fingerprint density at radius 3 is 2.82 bits per heavy atom. The molecular formula is C12H13N5. The molecule has 17 heavy (non-hydrogen) atoms. The van der Waals surface area contributed by atoms with Gasteiger partial charge in [0, 0.05) is 12.7 Å². The summed E-state index contributed by atoms with van der Waals surface area (Å²) in [5, 5.41) is 4.15. The molecular weight excluding hydrogens is 214 g/mol. The van der Waals surface area contributed by atoms with Gasteiger partial charge in [0.1, 0.15) is 5.82 Å². The summed E-state index contributed by atoms with van der Waals surface area (Å²) in [6.45, 7) is 1.62. The Morgan fingerprint density at radius 1 is 1.12 bits per heavy atom. The van der Waals surface area contributed by atoms with E-state index in [1.54, 1.807) is 6.07 Å². The maximum Gasteiger partial charge on any atom is 0.145 e. The van der Waals surface area contributed by atoms with Crippen LogP contribution in [0.25, 0.3) is 11.0 Å². The van der Waals surface area contributed by atoms with Gasteiger partial charge in [-0.05, 0) is 18.2 Å². The van der Waals surface area contributed by atoms with Crippen LogP contribution < -0.4 is 5.73 Å². The van der Waals surface area contributed by atoms with E-state index >= 15 is 0 Å². The highest BCUT2D eigenvalue weighted by atomic mass is 15.3. The van der Waals surface area contributed by atoms with Crippen LogP contribution in [0.15, 0.2) is 42.9 Å². The molecule has 3 rings (SSSR count). The molecule has 1 aromatic carbocycles. The molecule has 0 saturated heterocycles. The maximum absolute atomic E-state index is 5.57. The zero-order valence-corrected chi connectivity index (χ0v) is 9.32. The molecule has 86 valence electrons. The second-order valence-corrected chi connectivity index (χ2v) is 3.93. The molecule has 0 spiro atoms. The van der Waals surface area contributed by atoms with E-state index in [9.17, 15) is 0 Å². The van der Waals surface area contributed by atoms with Gasteiger partial charge in [0.15, 0.2) is 0 Å². The van der Waals surface area contributed by atoms with E-state index in [1.165, 1.54) is 0 Å². The predicted octanol–water partition coefficient (Wildman–Crippen LogP) is 1.52. The van der Waals surface area contributed by atoms with Crippen LogP contribution in [0.1, 0.15) is 0 Å². The van der Waals surface area contributed by atoms with Gasteiger partial charge < -0.3 is 10.3 Å². The Labute approximate surface area is 98.5 Å². The fourth-order valence-corrected chi connectivity index (χ4v) is 1.90. The monoisotopic (exact) mass is 227 g/mol. The number of fused-ring (bicyclic) bond motifs is 1. The molecule has 0 saturated carbocycles. The molecule has 5 nitrogen and oxygen atoms in total. The summed E-state index contributed by atoms with van der Waals surface area (Å²) in [6.07, 6.45) is 3.74. The first kappa shape index (κ1) is 9.89. The summed E-state index contributed by atoms with van der Waals surface area (Å²) in [7, 11) is 0. The number of aromatic nitrogens is 4. The molecule has 0 fully saturated rings. The molecule has 0 aliphatic heterocycles. The molecule has 2 N–H and O–H groups in total. The normalized spacial score (nSPS) is 11.1. The number of hydrogen-bond acceptors (Lipinski definition) is 3. The van der Waals surface area contributed by atoms with Crippen LogP contribution in [0, 0.1) is 0 Å². The van der Waals surface area contributed by atoms with Gasteiger partial charge >= 0.3 is 0 Å². The van der Waals surface area contributed by atoms with Crippen LogP contribution in [0.5, 0.6) is 0 Å². The van der Waals surface area contributed by atoms with Crippen molar-refractivity contribution in [1.82, 2.24) is 19.3 Å². The van der Waals surface area contributed by atoms with E-state index in [4.69, 9.17) is 5.73 Å². The van der Waals surface area contributed by atoms with Crippen LogP contribution in [0.2, 0.25) is 0 Å². The fraction of sp³-hybridized carbons (Fsp3) is 0.167. The Morgan fingerprint density at radius 2 is 2.00 bits per heavy atom. The topological polar surface area (TPSA) is 61.7 Å². The van der Waals surface area contributed by atoms with E-state index < -0.39 is 0 Å². The summed E-state index contributed by atoms with van der Waals surface area (Å²) < 4.78 is 3.96. The number of hydrogen-bond donors (Lipinski definition) is 1. The van der Waals surface area contributed by atoms with Crippen molar-refractivity contribution < 1.29 is 0 Å². The lowest BCUT2D eigenvalue weighted by Gasteiger charge is -2.04. The van der Waals surface area contributed by atoms with Crippen molar-refractivity contribution in [3.8, 4) is 0 Å². The van der Waals surface area contributed by atoms with Gasteiger partial charge in [0.25, 0.3) is 0 Å². The quantitative estimate of drug-likeness (QED) is 0.737. The number of nitrogens with zero attached hydrogens (tertiary/aromatic N) is 4. The highest BCUT2D eigenvalue weighted by Gasteiger charge is 2.01. The number of aryl methyl sites for hydroxylation is 2. The van der Waals surface area contributed by atoms with E-state index in [2.05, 4.69) is 20.7 Å². The minimum Gasteiger partial charge on any atom is -0.382 e. The van der Waals surface area contributed by atoms with Crippen molar-refractivity contribution >= 4 is 16.9 Å². The van der Waals surface area contributed by atoms with Crippen molar-refractivity contribution in [2.24, 2.45) is 0 Å². The third-order valence-corrected chi connectivity index (χ3v) is 2.76. The van der Waals surface area contributed by atoms with Crippen LogP contribution in [0.4, 0.5) is 5.82 Å². The average Bonchev–Trinajstić information content (AvgIpc) is 2.93. The van der Waals surface area contributed by atoms with Crippen molar-refractivity contribution in [3.63, 3.8) is 0 Å². The van der Waals surface area contributed by atoms with E-state index in [-0.39, 0.29) is 0 Å². The molecule has 0 amide bonds. The summed E-state index contributed by atoms with van der Waals surface area (Å²) in [6, 6.07) is 9.89. The molecule has 2 aromatic heterocycles. The largest absolute Gasteiger partial charge is 0.382 e. The number of benzene rings is 1. The lowest BCUT2D eigenvalue weighted by atomic mass is 10.3. The van der Waals surface area contributed by atoms with Gasteiger partial charge in [-0.25, -0.2) is 4.98 Å². The number of anilines is 1. The Balaban J connectivity index is 1.81. The third kappa shape index (κ3) is 1.87. The van der Waals surface area contributed by atoms with E-state index in [0.717, 1.165) is 24.1 Å². The van der Waals surface area contributed by atoms with Gasteiger partial charge in [0.2, 0.25) is 0 Å². The number of nitrogen functional groups attached to an aromatic ring is 1. The molecule has 0 atom stereocenters. The Bertz CT molecular complexity index is 637. The van der Waals surface area contributed by atoms with Crippen LogP contribution >= 0.6 is 0 Å². The van der Waals surface area contributed by atoms with Gasteiger partial charge in [0.05, 0.1) is 23.9 Å². The van der Waals surface area contributed by atoms with Crippen LogP contribution in [-0.4, -0.2) is 19.3 Å². The maximum atomic E-state index is 5.57. The SMILES string of the molecule is Nc1ccn(CCn2cnc3ccccc32)n1. The summed E-state index contributed by atoms with van der Waals surface area (Å²) in [5.41, 5.74) is 7.73. The van der Waals surface area contributed by atoms with Crippen molar-refractivity contribution in [2.45, 2.75) is 13.1 Å². The molecule has 0 aliphatic rings. The summed E-state index contributed by atoms with van der Waals surface area (Å²) in [4.78, 5) is 4.34. The number of para-hydroxylation sites is 2. The first-order chi connectivity index (χ1) is 8.33. The van der Waals surface area contributed by atoms with E-state index in [0.29, 0.717) is 5.82 Å². The molecule has 3 aromatic rings. The highest BCUT2D eigenvalue weighted by molar-refractivity contribution is 5.74. The summed E-state index contributed by atoms with van der Waals surface area (Å²) >= 11 is 0. The molecule has 0 radical (unpaired) electrons. The van der Waals surface area contributed by atoms with Gasteiger partial charge in [-0.15, -0.1) is 0 Å². The van der Waals surface area contributed by atoms with Crippen LogP contribution in [-0.2, 0) is 13.1 Å². The van der Waals surface area contributed by atoms with Crippen LogP contribution in [0.3, 0.4) is 0 Å². The van der Waals surface area contributed by atoms with Crippen molar-refractivity contribution in [3.05, 3.63) is 42.9 Å². The van der Waals surface area contributed by atoms with Gasteiger partial charge in [-0.2, -0.15) is 5.10 Å². The molecule has 0 bridgehead atoms. The third-order valence-electron chi connectivity index (χ3n) is 2.76. The second-order valence-electron chi connectivity index (χ2n) is 3.93. The standard InChI is InChI=1S/C12H13N5/c13-12-5-6-17(15-12)8-7-16-9-14-10-3-1-2-4-11(10)16/h1-6,9H,7-8H2,(H2,13,15). The molecule has 0 aliphatic carbocycles. The minimum atomic E-state index is 0.556. The van der Waals surface area contributed by atoms with Crippen molar-refractivity contribution in [2.75, 3.05) is 5.73 Å². The van der Waals surface area contributed by atoms with Crippen molar-refractivity contribution in [1.29, 1.82) is 0 Å². The van der Waals surface area contributed by atoms with Gasteiger partial charge in [-0.1, -0.05) is 12.1 Å². The Hall–Kier alpha value is -2.30. The lowest BCUT2D eigenvalue weighted by Crippen LogP contribution is -2.07. The number of imidazole rings is 1.